The highest BCUT2D eigenvalue weighted by molar-refractivity contribution is 8.01. The quantitative estimate of drug-likeness (QED) is 0.469. The van der Waals surface area contributed by atoms with Crippen LogP contribution in [0.1, 0.15) is 5.56 Å². The SMILES string of the molecule is Cc1ccc(NC(=O)CSc2nnc(Nc3ccc(F)cc3)s2)cc1S(N)(=O)=O. The second-order valence-electron chi connectivity index (χ2n) is 5.87. The second-order valence-corrected chi connectivity index (χ2v) is 9.60. The predicted molar refractivity (Wildman–Crippen MR) is 111 cm³/mol. The van der Waals surface area contributed by atoms with E-state index in [0.717, 1.165) is 0 Å². The van der Waals surface area contributed by atoms with Gasteiger partial charge >= 0.3 is 0 Å². The molecule has 8 nitrogen and oxygen atoms in total. The van der Waals surface area contributed by atoms with Gasteiger partial charge in [-0.05, 0) is 48.9 Å². The lowest BCUT2D eigenvalue weighted by Crippen LogP contribution is -2.17. The minimum Gasteiger partial charge on any atom is -0.330 e. The highest BCUT2D eigenvalue weighted by atomic mass is 32.2. The molecule has 0 bridgehead atoms. The molecule has 1 aromatic heterocycles. The van der Waals surface area contributed by atoms with E-state index in [1.54, 1.807) is 31.2 Å². The summed E-state index contributed by atoms with van der Waals surface area (Å²) in [5, 5.41) is 19.3. The maximum Gasteiger partial charge on any atom is 0.238 e. The van der Waals surface area contributed by atoms with Crippen molar-refractivity contribution in [3.8, 4) is 0 Å². The topological polar surface area (TPSA) is 127 Å². The molecule has 0 aliphatic heterocycles. The molecule has 0 unspecified atom stereocenters. The summed E-state index contributed by atoms with van der Waals surface area (Å²) in [6.45, 7) is 1.62. The molecule has 3 rings (SSSR count). The zero-order valence-corrected chi connectivity index (χ0v) is 17.5. The number of hydrogen-bond acceptors (Lipinski definition) is 8. The number of amides is 1. The molecule has 0 aliphatic carbocycles. The Balaban J connectivity index is 1.56. The van der Waals surface area contributed by atoms with E-state index >= 15 is 0 Å². The Bertz CT molecular complexity index is 1130. The van der Waals surface area contributed by atoms with Crippen LogP contribution < -0.4 is 15.8 Å². The number of aromatic nitrogens is 2. The molecule has 0 atom stereocenters. The molecule has 4 N–H and O–H groups in total. The number of hydrogen-bond donors (Lipinski definition) is 3. The van der Waals surface area contributed by atoms with Crippen molar-refractivity contribution in [3.63, 3.8) is 0 Å². The highest BCUT2D eigenvalue weighted by Gasteiger charge is 2.14. The van der Waals surface area contributed by atoms with Gasteiger partial charge in [0.25, 0.3) is 0 Å². The zero-order valence-electron chi connectivity index (χ0n) is 15.0. The van der Waals surface area contributed by atoms with E-state index in [2.05, 4.69) is 20.8 Å². The van der Waals surface area contributed by atoms with Crippen molar-refractivity contribution in [1.82, 2.24) is 10.2 Å². The summed E-state index contributed by atoms with van der Waals surface area (Å²) < 4.78 is 36.6. The van der Waals surface area contributed by atoms with Crippen molar-refractivity contribution in [1.29, 1.82) is 0 Å². The van der Waals surface area contributed by atoms with Crippen LogP contribution >= 0.6 is 23.1 Å². The molecule has 0 saturated carbocycles. The average Bonchev–Trinajstić information content (AvgIpc) is 3.10. The molecule has 0 fully saturated rings. The molecule has 2 aromatic carbocycles. The third-order valence-corrected chi connectivity index (χ3v) is 6.63. The number of carbonyl (C=O) groups excluding carboxylic acids is 1. The third-order valence-electron chi connectivity index (χ3n) is 3.61. The molecular formula is C17H16FN5O3S3. The number of aryl methyl sites for hydroxylation is 1. The van der Waals surface area contributed by atoms with E-state index < -0.39 is 10.0 Å². The molecule has 1 heterocycles. The number of primary sulfonamides is 1. The van der Waals surface area contributed by atoms with Crippen molar-refractivity contribution >= 4 is 55.5 Å². The molecule has 0 aliphatic rings. The highest BCUT2D eigenvalue weighted by Crippen LogP contribution is 2.28. The van der Waals surface area contributed by atoms with Gasteiger partial charge < -0.3 is 10.6 Å². The number of carbonyl (C=O) groups is 1. The van der Waals surface area contributed by atoms with Gasteiger partial charge in [0, 0.05) is 11.4 Å². The molecule has 29 heavy (non-hydrogen) atoms. The summed E-state index contributed by atoms with van der Waals surface area (Å²) >= 11 is 2.43. The third kappa shape index (κ3) is 5.97. The first kappa shape index (κ1) is 21.2. The van der Waals surface area contributed by atoms with Crippen molar-refractivity contribution in [2.75, 3.05) is 16.4 Å². The first-order valence-corrected chi connectivity index (χ1v) is 11.5. The fourth-order valence-corrected chi connectivity index (χ4v) is 4.66. The van der Waals surface area contributed by atoms with Crippen LogP contribution in [-0.4, -0.2) is 30.3 Å². The number of nitrogens with zero attached hydrogens (tertiary/aromatic N) is 2. The number of rotatable bonds is 7. The van der Waals surface area contributed by atoms with Gasteiger partial charge in [-0.15, -0.1) is 10.2 Å². The summed E-state index contributed by atoms with van der Waals surface area (Å²) in [6.07, 6.45) is 0. The normalized spacial score (nSPS) is 11.3. The van der Waals surface area contributed by atoms with Crippen LogP contribution in [-0.2, 0) is 14.8 Å². The maximum absolute atomic E-state index is 12.9. The second kappa shape index (κ2) is 8.86. The molecule has 1 amide bonds. The van der Waals surface area contributed by atoms with Gasteiger partial charge in [0.15, 0.2) is 4.34 Å². The summed E-state index contributed by atoms with van der Waals surface area (Å²) in [4.78, 5) is 12.1. The number of nitrogens with two attached hydrogens (primary N) is 1. The standard InChI is InChI=1S/C17H16FN5O3S3/c1-10-2-5-13(8-14(10)29(19,25)26)20-15(24)9-27-17-23-22-16(28-17)21-12-6-3-11(18)4-7-12/h2-8H,9H2,1H3,(H,20,24)(H,21,22)(H2,19,25,26). The predicted octanol–water partition coefficient (Wildman–Crippen LogP) is 3.11. The summed E-state index contributed by atoms with van der Waals surface area (Å²) in [5.41, 5.74) is 1.50. The Morgan fingerprint density at radius 1 is 1.17 bits per heavy atom. The molecule has 12 heteroatoms. The lowest BCUT2D eigenvalue weighted by Gasteiger charge is -2.08. The Morgan fingerprint density at radius 2 is 1.86 bits per heavy atom. The first-order chi connectivity index (χ1) is 13.7. The number of nitrogens with one attached hydrogen (secondary N) is 2. The smallest absolute Gasteiger partial charge is 0.238 e. The molecule has 0 radical (unpaired) electrons. The van der Waals surface area contributed by atoms with Crippen LogP contribution in [0.2, 0.25) is 0 Å². The lowest BCUT2D eigenvalue weighted by molar-refractivity contribution is -0.113. The summed E-state index contributed by atoms with van der Waals surface area (Å²) in [7, 11) is -3.87. The fraction of sp³-hybridized carbons (Fsp3) is 0.118. The van der Waals surface area contributed by atoms with E-state index in [0.29, 0.717) is 26.4 Å². The van der Waals surface area contributed by atoms with E-state index in [1.165, 1.54) is 41.3 Å². The minimum absolute atomic E-state index is 0.0383. The molecule has 152 valence electrons. The molecular weight excluding hydrogens is 437 g/mol. The van der Waals surface area contributed by atoms with Crippen LogP contribution in [0.4, 0.5) is 20.9 Å². The van der Waals surface area contributed by atoms with Crippen LogP contribution in [0.15, 0.2) is 51.7 Å². The monoisotopic (exact) mass is 453 g/mol. The van der Waals surface area contributed by atoms with Crippen molar-refractivity contribution in [2.45, 2.75) is 16.2 Å². The van der Waals surface area contributed by atoms with E-state index in [-0.39, 0.29) is 22.4 Å². The largest absolute Gasteiger partial charge is 0.330 e. The maximum atomic E-state index is 12.9. The van der Waals surface area contributed by atoms with Crippen LogP contribution in [0.25, 0.3) is 0 Å². The molecule has 3 aromatic rings. The fourth-order valence-electron chi connectivity index (χ4n) is 2.28. The molecule has 0 saturated heterocycles. The Kier molecular flexibility index (Phi) is 6.47. The first-order valence-electron chi connectivity index (χ1n) is 8.13. The van der Waals surface area contributed by atoms with E-state index in [4.69, 9.17) is 5.14 Å². The van der Waals surface area contributed by atoms with Gasteiger partial charge in [0.1, 0.15) is 5.82 Å². The van der Waals surface area contributed by atoms with E-state index in [1.807, 2.05) is 0 Å². The van der Waals surface area contributed by atoms with Gasteiger partial charge in [0.2, 0.25) is 21.1 Å². The van der Waals surface area contributed by atoms with Crippen molar-refractivity contribution < 1.29 is 17.6 Å². The Morgan fingerprint density at radius 3 is 2.55 bits per heavy atom. The van der Waals surface area contributed by atoms with Gasteiger partial charge in [-0.2, -0.15) is 0 Å². The van der Waals surface area contributed by atoms with Crippen molar-refractivity contribution in [3.05, 3.63) is 53.8 Å². The zero-order chi connectivity index (χ0) is 21.0. The van der Waals surface area contributed by atoms with Gasteiger partial charge in [-0.3, -0.25) is 4.79 Å². The van der Waals surface area contributed by atoms with Crippen LogP contribution in [0, 0.1) is 12.7 Å². The van der Waals surface area contributed by atoms with Crippen LogP contribution in [0.3, 0.4) is 0 Å². The van der Waals surface area contributed by atoms with Gasteiger partial charge in [0.05, 0.1) is 10.6 Å². The van der Waals surface area contributed by atoms with Crippen LogP contribution in [0.5, 0.6) is 0 Å². The number of halogens is 1. The molecule has 0 spiro atoms. The van der Waals surface area contributed by atoms with E-state index in [9.17, 15) is 17.6 Å². The van der Waals surface area contributed by atoms with Gasteiger partial charge in [-0.25, -0.2) is 17.9 Å². The summed E-state index contributed by atoms with van der Waals surface area (Å²) in [6, 6.07) is 10.3. The number of sulfonamides is 1. The lowest BCUT2D eigenvalue weighted by atomic mass is 10.2. The average molecular weight is 454 g/mol. The number of anilines is 3. The number of benzene rings is 2. The Hall–Kier alpha value is -2.54. The number of thioether (sulfide) groups is 1. The van der Waals surface area contributed by atoms with Gasteiger partial charge in [-0.1, -0.05) is 29.2 Å². The Labute approximate surface area is 174 Å². The minimum atomic E-state index is -3.87. The van der Waals surface area contributed by atoms with Crippen molar-refractivity contribution in [2.24, 2.45) is 5.14 Å². The summed E-state index contributed by atoms with van der Waals surface area (Å²) in [5.74, 6) is -0.605.